The number of carbonyl (C=O) groups excluding carboxylic acids is 1. The smallest absolute Gasteiger partial charge is 0.331 e. The molecule has 0 saturated carbocycles. The molecular weight excluding hydrogens is 413 g/mol. The van der Waals surface area contributed by atoms with Gasteiger partial charge in [-0.05, 0) is 25.2 Å². The van der Waals surface area contributed by atoms with E-state index in [2.05, 4.69) is 30.8 Å². The summed E-state index contributed by atoms with van der Waals surface area (Å²) in [5, 5.41) is 13.0. The minimum atomic E-state index is -0.586. The molecule has 4 rings (SSSR count). The summed E-state index contributed by atoms with van der Waals surface area (Å²) in [5.41, 5.74) is 1.88. The van der Waals surface area contributed by atoms with Gasteiger partial charge in [-0.2, -0.15) is 5.10 Å². The van der Waals surface area contributed by atoms with Crippen molar-refractivity contribution in [2.75, 3.05) is 12.4 Å². The molecule has 1 aromatic carbocycles. The summed E-state index contributed by atoms with van der Waals surface area (Å²) in [4.78, 5) is 20.9. The van der Waals surface area contributed by atoms with Crippen molar-refractivity contribution in [1.82, 2.24) is 30.0 Å². The van der Waals surface area contributed by atoms with E-state index in [9.17, 15) is 4.79 Å². The number of nitrogens with zero attached hydrogens (tertiary/aromatic N) is 4. The van der Waals surface area contributed by atoms with Crippen molar-refractivity contribution in [1.29, 1.82) is 0 Å². The minimum absolute atomic E-state index is 0.00638. The van der Waals surface area contributed by atoms with Crippen LogP contribution in [0.15, 0.2) is 42.9 Å². The largest absolute Gasteiger partial charge is 0.436 e. The second-order valence-corrected chi connectivity index (χ2v) is 8.32. The van der Waals surface area contributed by atoms with Crippen molar-refractivity contribution in [2.45, 2.75) is 32.7 Å². The Morgan fingerprint density at radius 1 is 1.22 bits per heavy atom. The van der Waals surface area contributed by atoms with E-state index in [4.69, 9.17) is 4.74 Å². The van der Waals surface area contributed by atoms with Crippen molar-refractivity contribution in [3.8, 4) is 11.6 Å². The zero-order valence-electron chi connectivity index (χ0n) is 18.2. The van der Waals surface area contributed by atoms with Crippen LogP contribution in [-0.2, 0) is 12.0 Å². The lowest BCUT2D eigenvalue weighted by Gasteiger charge is -2.14. The summed E-state index contributed by atoms with van der Waals surface area (Å²) in [6.45, 7) is 6.65. The molecule has 0 aliphatic carbocycles. The number of halogens is 1. The van der Waals surface area contributed by atoms with E-state index in [1.807, 2.05) is 20.8 Å². The number of fused-ring (bicyclic) bond motifs is 1. The number of benzene rings is 1. The van der Waals surface area contributed by atoms with Crippen LogP contribution in [0.4, 0.5) is 15.0 Å². The molecular formula is C22H24FN7O2. The fraction of sp³-hybridized carbons (Fsp3) is 0.273. The van der Waals surface area contributed by atoms with E-state index in [0.29, 0.717) is 17.9 Å². The first kappa shape index (κ1) is 21.4. The number of nitrogens with one attached hydrogen (secondary N) is 3. The van der Waals surface area contributed by atoms with Crippen LogP contribution in [0.5, 0.6) is 11.6 Å². The van der Waals surface area contributed by atoms with Gasteiger partial charge in [0.2, 0.25) is 5.88 Å². The molecule has 4 aromatic rings. The summed E-state index contributed by atoms with van der Waals surface area (Å²) in [5.74, 6) is 0.0432. The zero-order chi connectivity index (χ0) is 22.9. The minimum Gasteiger partial charge on any atom is -0.436 e. The van der Waals surface area contributed by atoms with Gasteiger partial charge in [0.1, 0.15) is 6.33 Å². The van der Waals surface area contributed by atoms with Gasteiger partial charge in [0.15, 0.2) is 17.4 Å². The van der Waals surface area contributed by atoms with Gasteiger partial charge in [0.05, 0.1) is 11.2 Å². The average Bonchev–Trinajstić information content (AvgIpc) is 3.38. The summed E-state index contributed by atoms with van der Waals surface area (Å²) < 4.78 is 22.0. The first-order valence-corrected chi connectivity index (χ1v) is 10.1. The maximum Gasteiger partial charge on any atom is 0.331 e. The van der Waals surface area contributed by atoms with Gasteiger partial charge in [0.25, 0.3) is 0 Å². The van der Waals surface area contributed by atoms with Crippen molar-refractivity contribution in [3.05, 3.63) is 60.1 Å². The Morgan fingerprint density at radius 2 is 2.03 bits per heavy atom. The number of anilines is 1. The average molecular weight is 437 g/mol. The summed E-state index contributed by atoms with van der Waals surface area (Å²) >= 11 is 0. The third-order valence-corrected chi connectivity index (χ3v) is 4.88. The standard InChI is InChI=1S/C22H24FN7O2/c1-22(2,3)17-10-18(29-28-17)27-21(31)30-8-7-14-15(30)5-6-16(20(14)23)32-19-9-13(11-24-4)25-12-26-19/h5-10,12,24H,11H2,1-4H3,(H2,27,28,29,31). The molecule has 3 aromatic heterocycles. The molecule has 3 heterocycles. The molecule has 32 heavy (non-hydrogen) atoms. The number of rotatable bonds is 5. The third-order valence-electron chi connectivity index (χ3n) is 4.88. The van der Waals surface area contributed by atoms with Crippen molar-refractivity contribution in [3.63, 3.8) is 0 Å². The Kier molecular flexibility index (Phi) is 5.62. The molecule has 0 saturated heterocycles. The van der Waals surface area contributed by atoms with E-state index in [1.54, 1.807) is 25.2 Å². The Labute approximate surface area is 184 Å². The molecule has 0 radical (unpaired) electrons. The molecule has 0 fully saturated rings. The van der Waals surface area contributed by atoms with E-state index < -0.39 is 11.8 Å². The van der Waals surface area contributed by atoms with Gasteiger partial charge in [-0.1, -0.05) is 20.8 Å². The van der Waals surface area contributed by atoms with E-state index in [-0.39, 0.29) is 22.4 Å². The second-order valence-electron chi connectivity index (χ2n) is 8.32. The van der Waals surface area contributed by atoms with Crippen LogP contribution in [0.25, 0.3) is 10.9 Å². The molecule has 10 heteroatoms. The van der Waals surface area contributed by atoms with Crippen LogP contribution in [0.3, 0.4) is 0 Å². The highest BCUT2D eigenvalue weighted by atomic mass is 19.1. The number of hydrogen-bond donors (Lipinski definition) is 3. The third kappa shape index (κ3) is 4.30. The normalized spacial score (nSPS) is 11.7. The molecule has 1 amide bonds. The molecule has 9 nitrogen and oxygen atoms in total. The lowest BCUT2D eigenvalue weighted by molar-refractivity contribution is 0.254. The lowest BCUT2D eigenvalue weighted by Crippen LogP contribution is -2.18. The van der Waals surface area contributed by atoms with Gasteiger partial charge in [-0.3, -0.25) is 15.0 Å². The van der Waals surface area contributed by atoms with Crippen LogP contribution in [0.1, 0.15) is 32.2 Å². The fourth-order valence-electron chi connectivity index (χ4n) is 3.18. The molecule has 166 valence electrons. The van der Waals surface area contributed by atoms with Crippen molar-refractivity contribution < 1.29 is 13.9 Å². The molecule has 0 aliphatic rings. The fourth-order valence-corrected chi connectivity index (χ4v) is 3.18. The molecule has 3 N–H and O–H groups in total. The molecule has 0 atom stereocenters. The Hall–Kier alpha value is -3.79. The highest BCUT2D eigenvalue weighted by Crippen LogP contribution is 2.30. The van der Waals surface area contributed by atoms with E-state index >= 15 is 4.39 Å². The highest BCUT2D eigenvalue weighted by molar-refractivity contribution is 5.98. The first-order chi connectivity index (χ1) is 15.3. The summed E-state index contributed by atoms with van der Waals surface area (Å²) in [6.07, 6.45) is 2.86. The maximum absolute atomic E-state index is 15.1. The Morgan fingerprint density at radius 3 is 2.75 bits per heavy atom. The summed E-state index contributed by atoms with van der Waals surface area (Å²) in [7, 11) is 1.80. The maximum atomic E-state index is 15.1. The monoisotopic (exact) mass is 437 g/mol. The quantitative estimate of drug-likeness (QED) is 0.432. The second kappa shape index (κ2) is 8.39. The molecule has 0 bridgehead atoms. The lowest BCUT2D eigenvalue weighted by atomic mass is 9.92. The van der Waals surface area contributed by atoms with Crippen LogP contribution < -0.4 is 15.4 Å². The van der Waals surface area contributed by atoms with Gasteiger partial charge in [0, 0.05) is 41.4 Å². The van der Waals surface area contributed by atoms with E-state index in [0.717, 1.165) is 11.4 Å². The van der Waals surface area contributed by atoms with Crippen LogP contribution in [-0.4, -0.2) is 37.8 Å². The number of amides is 1. The number of carbonyl (C=O) groups is 1. The molecule has 0 unspecified atom stereocenters. The predicted molar refractivity (Wildman–Crippen MR) is 118 cm³/mol. The number of ether oxygens (including phenoxy) is 1. The van der Waals surface area contributed by atoms with Crippen molar-refractivity contribution >= 4 is 22.8 Å². The molecule has 0 aliphatic heterocycles. The van der Waals surface area contributed by atoms with Gasteiger partial charge >= 0.3 is 6.03 Å². The number of aromatic nitrogens is 5. The van der Waals surface area contributed by atoms with Crippen LogP contribution >= 0.6 is 0 Å². The SMILES string of the molecule is CNCc1cc(Oc2ccc3c(ccn3C(=O)Nc3cc(C(C)(C)C)[nH]n3)c2F)ncn1. The topological polar surface area (TPSA) is 110 Å². The number of aromatic amines is 1. The first-order valence-electron chi connectivity index (χ1n) is 10.1. The van der Waals surface area contributed by atoms with Crippen LogP contribution in [0.2, 0.25) is 0 Å². The zero-order valence-corrected chi connectivity index (χ0v) is 18.2. The van der Waals surface area contributed by atoms with Gasteiger partial charge in [-0.25, -0.2) is 19.2 Å². The highest BCUT2D eigenvalue weighted by Gasteiger charge is 2.19. The number of H-pyrrole nitrogens is 1. The van der Waals surface area contributed by atoms with Gasteiger partial charge in [-0.15, -0.1) is 0 Å². The Balaban J connectivity index is 1.56. The Bertz CT molecular complexity index is 1270. The molecule has 0 spiro atoms. The van der Waals surface area contributed by atoms with Gasteiger partial charge < -0.3 is 10.1 Å². The number of hydrogen-bond acceptors (Lipinski definition) is 6. The summed E-state index contributed by atoms with van der Waals surface area (Å²) in [6, 6.07) is 7.57. The van der Waals surface area contributed by atoms with E-state index in [1.165, 1.54) is 29.2 Å². The van der Waals surface area contributed by atoms with Crippen molar-refractivity contribution in [2.24, 2.45) is 0 Å². The van der Waals surface area contributed by atoms with Crippen LogP contribution in [0, 0.1) is 5.82 Å². The predicted octanol–water partition coefficient (Wildman–Crippen LogP) is 4.18.